The van der Waals surface area contributed by atoms with Crippen molar-refractivity contribution in [3.05, 3.63) is 0 Å². The van der Waals surface area contributed by atoms with E-state index in [2.05, 4.69) is 13.8 Å². The normalized spacial score (nSPS) is 40.1. The molecule has 0 radical (unpaired) electrons. The van der Waals surface area contributed by atoms with E-state index < -0.39 is 29.4 Å². The summed E-state index contributed by atoms with van der Waals surface area (Å²) in [6, 6.07) is 0. The van der Waals surface area contributed by atoms with Crippen LogP contribution in [0.15, 0.2) is 0 Å². The second kappa shape index (κ2) is 10.1. The van der Waals surface area contributed by atoms with Crippen LogP contribution in [0.2, 0.25) is 0 Å². The fraction of sp³-hybridized carbons (Fsp3) is 0.962. The number of ether oxygens (including phenoxy) is 4. The van der Waals surface area contributed by atoms with Gasteiger partial charge in [0.1, 0.15) is 6.79 Å². The number of hydrogen-bond acceptors (Lipinski definition) is 7. The third-order valence-corrected chi connectivity index (χ3v) is 8.72. The van der Waals surface area contributed by atoms with Crippen molar-refractivity contribution in [1.29, 1.82) is 1.43 Å². The molecule has 7 heteroatoms. The summed E-state index contributed by atoms with van der Waals surface area (Å²) < 4.78 is 29.9. The molecule has 0 aromatic carbocycles. The first-order chi connectivity index (χ1) is 15.9. The lowest BCUT2D eigenvalue weighted by Gasteiger charge is -2.46. The minimum atomic E-state index is -1.45. The highest BCUT2D eigenvalue weighted by atomic mass is 16.8. The van der Waals surface area contributed by atoms with E-state index in [9.17, 15) is 9.90 Å². The molecule has 2 saturated carbocycles. The lowest BCUT2D eigenvalue weighted by Crippen LogP contribution is -2.51. The third kappa shape index (κ3) is 5.27. The van der Waals surface area contributed by atoms with Gasteiger partial charge in [-0.15, -0.1) is 0 Å². The molecule has 3 aliphatic rings. The van der Waals surface area contributed by atoms with Crippen LogP contribution < -0.4 is 0 Å². The lowest BCUT2D eigenvalue weighted by molar-refractivity contribution is -0.180. The first-order valence-corrected chi connectivity index (χ1v) is 12.6. The van der Waals surface area contributed by atoms with Crippen molar-refractivity contribution in [2.45, 2.75) is 104 Å². The standard InChI is InChI=1S/C26H46O7/c1-16(18-10-11-19-20(27)9-8-12-25(18,19)5)13-17(14-31-15-30-7)21(28)26(6)22(29)32-23(33-26)24(2,3)4/h16-21,23,27-28H,8-15H2,1-7H3/t16-,17+,18-,19?,20+,21?,23-,25-,26-/m1/s1/i27T. The first kappa shape index (κ1) is 25.4. The zero-order valence-corrected chi connectivity index (χ0v) is 21.6. The Morgan fingerprint density at radius 2 is 2.00 bits per heavy atom. The van der Waals surface area contributed by atoms with Crippen molar-refractivity contribution in [1.82, 2.24) is 0 Å². The molecule has 0 aromatic rings. The summed E-state index contributed by atoms with van der Waals surface area (Å²) in [5.41, 5.74) is -1.72. The predicted molar refractivity (Wildman–Crippen MR) is 124 cm³/mol. The van der Waals surface area contributed by atoms with Crippen LogP contribution in [0, 0.1) is 34.5 Å². The van der Waals surface area contributed by atoms with Gasteiger partial charge < -0.3 is 29.2 Å². The number of carbonyl (C=O) groups excluding carboxylic acids is 1. The Morgan fingerprint density at radius 1 is 1.27 bits per heavy atom. The number of methoxy groups -OCH3 is 1. The van der Waals surface area contributed by atoms with Gasteiger partial charge in [-0.05, 0) is 62.2 Å². The maximum Gasteiger partial charge on any atom is 0.343 e. The lowest BCUT2D eigenvalue weighted by atomic mass is 9.61. The molecule has 1 heterocycles. The maximum absolute atomic E-state index is 12.9. The van der Waals surface area contributed by atoms with Crippen molar-refractivity contribution in [3.8, 4) is 0 Å². The van der Waals surface area contributed by atoms with Gasteiger partial charge in [-0.25, -0.2) is 4.79 Å². The van der Waals surface area contributed by atoms with Gasteiger partial charge in [0.05, 0.1) is 18.8 Å². The topological polar surface area (TPSA) is 94.5 Å². The quantitative estimate of drug-likeness (QED) is 0.283. The average Bonchev–Trinajstić information content (AvgIpc) is 3.29. The Bertz CT molecular complexity index is 697. The zero-order valence-electron chi connectivity index (χ0n) is 22.6. The van der Waals surface area contributed by atoms with E-state index in [-0.39, 0.29) is 30.8 Å². The largest absolute Gasteiger partial charge is 0.433 e. The molecule has 7 nitrogen and oxygen atoms in total. The van der Waals surface area contributed by atoms with E-state index in [1.54, 1.807) is 14.0 Å². The van der Waals surface area contributed by atoms with E-state index in [0.717, 1.165) is 32.1 Å². The van der Waals surface area contributed by atoms with Crippen molar-refractivity contribution < 1.29 is 34.0 Å². The minimum Gasteiger partial charge on any atom is -0.433 e. The van der Waals surface area contributed by atoms with E-state index >= 15 is 0 Å². The number of fused-ring (bicyclic) bond motifs is 1. The molecule has 33 heavy (non-hydrogen) atoms. The van der Waals surface area contributed by atoms with Gasteiger partial charge in [-0.3, -0.25) is 0 Å². The number of rotatable bonds is 10. The van der Waals surface area contributed by atoms with E-state index in [1.807, 2.05) is 20.8 Å². The molecule has 9 atom stereocenters. The van der Waals surface area contributed by atoms with Gasteiger partial charge in [-0.1, -0.05) is 41.0 Å². The number of esters is 1. The molecule has 2 unspecified atom stereocenters. The van der Waals surface area contributed by atoms with E-state index in [4.69, 9.17) is 25.5 Å². The fourth-order valence-electron chi connectivity index (χ4n) is 6.81. The number of cyclic esters (lactones) is 1. The second-order valence-electron chi connectivity index (χ2n) is 12.3. The van der Waals surface area contributed by atoms with E-state index in [0.29, 0.717) is 24.2 Å². The zero-order chi connectivity index (χ0) is 25.3. The van der Waals surface area contributed by atoms with Crippen LogP contribution in [-0.2, 0) is 23.7 Å². The molecule has 3 fully saturated rings. The van der Waals surface area contributed by atoms with Crippen LogP contribution >= 0.6 is 0 Å². The molecular weight excluding hydrogens is 424 g/mol. The highest BCUT2D eigenvalue weighted by molar-refractivity contribution is 5.81. The molecule has 1 saturated heterocycles. The highest BCUT2D eigenvalue weighted by Crippen LogP contribution is 2.58. The number of hydrogen-bond donors (Lipinski definition) is 2. The average molecular weight is 473 g/mol. The summed E-state index contributed by atoms with van der Waals surface area (Å²) in [5.74, 6) is 0.303. The molecule has 192 valence electrons. The van der Waals surface area contributed by atoms with Gasteiger partial charge in [0.25, 0.3) is 0 Å². The molecule has 3 rings (SSSR count). The Kier molecular flexibility index (Phi) is 7.76. The van der Waals surface area contributed by atoms with Crippen molar-refractivity contribution >= 4 is 5.97 Å². The molecule has 0 aromatic heterocycles. The maximum atomic E-state index is 12.9. The van der Waals surface area contributed by atoms with Crippen molar-refractivity contribution in [3.63, 3.8) is 0 Å². The van der Waals surface area contributed by atoms with Gasteiger partial charge in [0.15, 0.2) is 5.60 Å². The molecule has 0 bridgehead atoms. The highest BCUT2D eigenvalue weighted by Gasteiger charge is 2.57. The third-order valence-electron chi connectivity index (χ3n) is 8.72. The summed E-state index contributed by atoms with van der Waals surface area (Å²) in [5, 5.41) is 16.6. The van der Waals surface area contributed by atoms with Crippen LogP contribution in [0.1, 0.15) is 80.1 Å². The van der Waals surface area contributed by atoms with Crippen molar-refractivity contribution in [2.24, 2.45) is 34.5 Å². The summed E-state index contributed by atoms with van der Waals surface area (Å²) in [4.78, 5) is 12.9. The predicted octanol–water partition coefficient (Wildman–Crippen LogP) is 3.89. The smallest absolute Gasteiger partial charge is 0.343 e. The van der Waals surface area contributed by atoms with Gasteiger partial charge in [-0.2, -0.15) is 0 Å². The van der Waals surface area contributed by atoms with Gasteiger partial charge in [0.2, 0.25) is 7.72 Å². The molecule has 2 N–H and O–H groups in total. The summed E-state index contributed by atoms with van der Waals surface area (Å²) >= 11 is 0. The molecule has 2 aliphatic carbocycles. The monoisotopic (exact) mass is 472 g/mol. The summed E-state index contributed by atoms with van der Waals surface area (Å²) in [7, 11) is 1.56. The second-order valence-corrected chi connectivity index (χ2v) is 12.3. The molecular formula is C26H46O7. The Hall–Kier alpha value is -0.730. The summed E-state index contributed by atoms with van der Waals surface area (Å²) in [6.45, 7) is 12.4. The molecule has 1 aliphatic heterocycles. The van der Waals surface area contributed by atoms with E-state index in [1.165, 1.54) is 0 Å². The Balaban J connectivity index is 1.76. The minimum absolute atomic E-state index is 0.0114. The van der Waals surface area contributed by atoms with Crippen LogP contribution in [-0.4, -0.2) is 62.2 Å². The molecule has 0 amide bonds. The van der Waals surface area contributed by atoms with Crippen molar-refractivity contribution in [2.75, 3.05) is 20.5 Å². The fourth-order valence-corrected chi connectivity index (χ4v) is 6.81. The van der Waals surface area contributed by atoms with Gasteiger partial charge >= 0.3 is 5.97 Å². The molecule has 0 spiro atoms. The van der Waals surface area contributed by atoms with Gasteiger partial charge in [0, 0.05) is 18.4 Å². The van der Waals surface area contributed by atoms with Crippen LogP contribution in [0.3, 0.4) is 0 Å². The Labute approximate surface area is 201 Å². The first-order valence-electron chi connectivity index (χ1n) is 13.0. The van der Waals surface area contributed by atoms with Crippen LogP contribution in [0.5, 0.6) is 0 Å². The summed E-state index contributed by atoms with van der Waals surface area (Å²) in [6.07, 6.45) is 4.25. The Morgan fingerprint density at radius 3 is 2.61 bits per heavy atom. The number of carbonyl (C=O) groups is 1. The number of aliphatic hydroxyl groups excluding tert-OH is 2. The SMILES string of the molecule is [3H]O[C@H]1CCC[C@@]2(C)C1CC[C@@H]2[C@H](C)C[C@@H](COCOC)C(O)[C@@]1(C)O[C@H](C(C)(C)C)OC1=O. The number of aliphatic hydroxyl groups is 2. The van der Waals surface area contributed by atoms with Crippen LogP contribution in [0.4, 0.5) is 0 Å². The van der Waals surface area contributed by atoms with Crippen LogP contribution in [0.25, 0.3) is 0 Å².